The lowest BCUT2D eigenvalue weighted by Crippen LogP contribution is -2.42. The molecule has 0 radical (unpaired) electrons. The molecule has 0 aromatic rings. The number of unbranched alkanes of at least 4 members (excludes halogenated alkanes) is 5. The van der Waals surface area contributed by atoms with E-state index in [2.05, 4.69) is 22.0 Å². The Hall–Kier alpha value is -0.780. The third-order valence-electron chi connectivity index (χ3n) is 3.44. The Labute approximate surface area is 117 Å². The maximum Gasteiger partial charge on any atom is 0.234 e. The Balaban J connectivity index is 2.23. The fourth-order valence-electron chi connectivity index (χ4n) is 2.02. The van der Waals surface area contributed by atoms with E-state index >= 15 is 0 Å². The van der Waals surface area contributed by atoms with E-state index < -0.39 is 10.0 Å². The SMILES string of the molecule is CCCCCCCCS(=O)(=O)NC1=NC(C)C(C)N1. The van der Waals surface area contributed by atoms with Crippen molar-refractivity contribution in [2.75, 3.05) is 5.75 Å². The van der Waals surface area contributed by atoms with Gasteiger partial charge < -0.3 is 5.32 Å². The molecule has 0 saturated heterocycles. The smallest absolute Gasteiger partial charge is 0.234 e. The maximum absolute atomic E-state index is 11.9. The third kappa shape index (κ3) is 6.27. The van der Waals surface area contributed by atoms with Crippen LogP contribution in [0.2, 0.25) is 0 Å². The number of hydrogen-bond acceptors (Lipinski definition) is 4. The van der Waals surface area contributed by atoms with Gasteiger partial charge in [0.25, 0.3) is 0 Å². The summed E-state index contributed by atoms with van der Waals surface area (Å²) in [6, 6.07) is 0.304. The van der Waals surface area contributed by atoms with Gasteiger partial charge in [0.05, 0.1) is 11.8 Å². The van der Waals surface area contributed by atoms with Gasteiger partial charge >= 0.3 is 0 Å². The van der Waals surface area contributed by atoms with Crippen molar-refractivity contribution < 1.29 is 8.42 Å². The molecule has 2 atom stereocenters. The molecule has 1 heterocycles. The molecule has 0 bridgehead atoms. The first-order valence-corrected chi connectivity index (χ1v) is 8.94. The third-order valence-corrected chi connectivity index (χ3v) is 4.77. The fraction of sp³-hybridized carbons (Fsp3) is 0.923. The molecule has 0 aliphatic carbocycles. The first-order valence-electron chi connectivity index (χ1n) is 7.29. The average Bonchev–Trinajstić information content (AvgIpc) is 2.62. The van der Waals surface area contributed by atoms with Crippen LogP contribution in [0.1, 0.15) is 59.3 Å². The van der Waals surface area contributed by atoms with Gasteiger partial charge in [0.15, 0.2) is 0 Å². The van der Waals surface area contributed by atoms with Crippen molar-refractivity contribution in [3.63, 3.8) is 0 Å². The molecule has 0 fully saturated rings. The zero-order valence-electron chi connectivity index (χ0n) is 12.3. The molecule has 2 N–H and O–H groups in total. The Bertz CT molecular complexity index is 393. The molecule has 0 amide bonds. The van der Waals surface area contributed by atoms with Crippen molar-refractivity contribution in [1.82, 2.24) is 10.0 Å². The van der Waals surface area contributed by atoms with Gasteiger partial charge in [0.2, 0.25) is 16.0 Å². The number of nitrogens with one attached hydrogen (secondary N) is 2. The van der Waals surface area contributed by atoms with Crippen LogP contribution >= 0.6 is 0 Å². The molecule has 0 saturated carbocycles. The molecule has 0 aromatic carbocycles. The van der Waals surface area contributed by atoms with Crippen LogP contribution in [0.4, 0.5) is 0 Å². The summed E-state index contributed by atoms with van der Waals surface area (Å²) in [7, 11) is -3.25. The summed E-state index contributed by atoms with van der Waals surface area (Å²) in [6.07, 6.45) is 6.47. The van der Waals surface area contributed by atoms with Crippen LogP contribution in [-0.4, -0.2) is 32.2 Å². The normalized spacial score (nSPS) is 23.0. The number of hydrogen-bond donors (Lipinski definition) is 2. The lowest BCUT2D eigenvalue weighted by atomic mass is 10.1. The van der Waals surface area contributed by atoms with Gasteiger partial charge in [0, 0.05) is 6.04 Å². The van der Waals surface area contributed by atoms with Crippen LogP contribution in [0.5, 0.6) is 0 Å². The molecule has 112 valence electrons. The molecular formula is C13H27N3O2S. The summed E-state index contributed by atoms with van der Waals surface area (Å²) in [5, 5.41) is 3.04. The molecular weight excluding hydrogens is 262 g/mol. The summed E-state index contributed by atoms with van der Waals surface area (Å²) in [6.45, 7) is 6.13. The molecule has 0 spiro atoms. The Morgan fingerprint density at radius 2 is 1.79 bits per heavy atom. The average molecular weight is 289 g/mol. The zero-order chi connectivity index (χ0) is 14.3. The quantitative estimate of drug-likeness (QED) is 0.671. The van der Waals surface area contributed by atoms with Crippen LogP contribution in [-0.2, 0) is 10.0 Å². The van der Waals surface area contributed by atoms with Crippen LogP contribution in [0.25, 0.3) is 0 Å². The molecule has 0 aromatic heterocycles. The lowest BCUT2D eigenvalue weighted by molar-refractivity contribution is 0.578. The van der Waals surface area contributed by atoms with Gasteiger partial charge in [-0.2, -0.15) is 0 Å². The highest BCUT2D eigenvalue weighted by Crippen LogP contribution is 2.07. The zero-order valence-corrected chi connectivity index (χ0v) is 13.1. The summed E-state index contributed by atoms with van der Waals surface area (Å²) in [5.74, 6) is 0.578. The topological polar surface area (TPSA) is 70.6 Å². The van der Waals surface area contributed by atoms with Crippen molar-refractivity contribution in [3.05, 3.63) is 0 Å². The molecule has 2 unspecified atom stereocenters. The number of nitrogens with zero attached hydrogens (tertiary/aromatic N) is 1. The van der Waals surface area contributed by atoms with E-state index in [1.54, 1.807) is 0 Å². The van der Waals surface area contributed by atoms with E-state index in [4.69, 9.17) is 0 Å². The summed E-state index contributed by atoms with van der Waals surface area (Å²) in [4.78, 5) is 4.24. The van der Waals surface area contributed by atoms with Crippen LogP contribution in [0.15, 0.2) is 4.99 Å². The predicted octanol–water partition coefficient (Wildman–Crippen LogP) is 2.00. The van der Waals surface area contributed by atoms with Crippen molar-refractivity contribution in [1.29, 1.82) is 0 Å². The van der Waals surface area contributed by atoms with Crippen molar-refractivity contribution >= 4 is 16.0 Å². The molecule has 5 nitrogen and oxygen atoms in total. The van der Waals surface area contributed by atoms with E-state index in [0.717, 1.165) is 19.3 Å². The van der Waals surface area contributed by atoms with Crippen molar-refractivity contribution in [2.24, 2.45) is 4.99 Å². The van der Waals surface area contributed by atoms with Gasteiger partial charge in [-0.1, -0.05) is 39.0 Å². The molecule has 19 heavy (non-hydrogen) atoms. The minimum atomic E-state index is -3.25. The highest BCUT2D eigenvalue weighted by atomic mass is 32.2. The largest absolute Gasteiger partial charge is 0.351 e. The number of aliphatic imine (C=N–C) groups is 1. The molecule has 1 aliphatic heterocycles. The molecule has 1 rings (SSSR count). The highest BCUT2D eigenvalue weighted by molar-refractivity contribution is 7.90. The van der Waals surface area contributed by atoms with Crippen molar-refractivity contribution in [2.45, 2.75) is 71.4 Å². The Morgan fingerprint density at radius 3 is 2.37 bits per heavy atom. The second kappa shape index (κ2) is 7.72. The highest BCUT2D eigenvalue weighted by Gasteiger charge is 2.23. The van der Waals surface area contributed by atoms with Gasteiger partial charge in [-0.05, 0) is 20.3 Å². The van der Waals surface area contributed by atoms with E-state index in [0.29, 0.717) is 5.96 Å². The maximum atomic E-state index is 11.9. The summed E-state index contributed by atoms with van der Waals surface area (Å²) >= 11 is 0. The first kappa shape index (κ1) is 16.3. The van der Waals surface area contributed by atoms with Gasteiger partial charge in [-0.15, -0.1) is 0 Å². The Kier molecular flexibility index (Phi) is 6.62. The minimum Gasteiger partial charge on any atom is -0.351 e. The molecule has 1 aliphatic rings. The summed E-state index contributed by atoms with van der Waals surface area (Å²) in [5.41, 5.74) is 0. The number of sulfonamides is 1. The van der Waals surface area contributed by atoms with Crippen LogP contribution < -0.4 is 10.0 Å². The second-order valence-electron chi connectivity index (χ2n) is 5.34. The number of rotatable bonds is 8. The van der Waals surface area contributed by atoms with E-state index in [1.165, 1.54) is 19.3 Å². The van der Waals surface area contributed by atoms with Gasteiger partial charge in [0.1, 0.15) is 0 Å². The van der Waals surface area contributed by atoms with E-state index in [9.17, 15) is 8.42 Å². The standard InChI is InChI=1S/C13H27N3O2S/c1-4-5-6-7-8-9-10-19(17,18)16-13-14-11(2)12(3)15-13/h11-12H,4-10H2,1-3H3,(H2,14,15,16). The lowest BCUT2D eigenvalue weighted by Gasteiger charge is -2.10. The van der Waals surface area contributed by atoms with Crippen LogP contribution in [0.3, 0.4) is 0 Å². The van der Waals surface area contributed by atoms with E-state index in [1.807, 2.05) is 13.8 Å². The minimum absolute atomic E-state index is 0.117. The monoisotopic (exact) mass is 289 g/mol. The van der Waals surface area contributed by atoms with Crippen LogP contribution in [0, 0.1) is 0 Å². The second-order valence-corrected chi connectivity index (χ2v) is 7.18. The van der Waals surface area contributed by atoms with Gasteiger partial charge in [-0.3, -0.25) is 4.72 Å². The van der Waals surface area contributed by atoms with Crippen molar-refractivity contribution in [3.8, 4) is 0 Å². The Morgan fingerprint density at radius 1 is 1.16 bits per heavy atom. The first-order chi connectivity index (χ1) is 8.94. The summed E-state index contributed by atoms with van der Waals surface area (Å²) < 4.78 is 26.2. The van der Waals surface area contributed by atoms with Gasteiger partial charge in [-0.25, -0.2) is 13.4 Å². The fourth-order valence-corrected chi connectivity index (χ4v) is 3.11. The number of guanidine groups is 1. The van der Waals surface area contributed by atoms with E-state index in [-0.39, 0.29) is 17.8 Å². The molecule has 6 heteroatoms. The predicted molar refractivity (Wildman–Crippen MR) is 79.8 cm³/mol.